The summed E-state index contributed by atoms with van der Waals surface area (Å²) in [4.78, 5) is 14.3. The Morgan fingerprint density at radius 2 is 1.89 bits per heavy atom. The van der Waals surface area contributed by atoms with E-state index < -0.39 is 5.41 Å². The number of carbonyl (C=O) groups is 1. The van der Waals surface area contributed by atoms with E-state index in [1.165, 1.54) is 0 Å². The summed E-state index contributed by atoms with van der Waals surface area (Å²) in [6, 6.07) is 8.09. The second kappa shape index (κ2) is 7.51. The SMILES string of the molecule is CNCCN(C)C(=O)C(C)(C)c1ccccc1C.Cl. The third kappa shape index (κ3) is 4.22. The molecule has 3 nitrogen and oxygen atoms in total. The Labute approximate surface area is 122 Å². The molecule has 19 heavy (non-hydrogen) atoms. The van der Waals surface area contributed by atoms with Gasteiger partial charge < -0.3 is 10.2 Å². The lowest BCUT2D eigenvalue weighted by atomic mass is 9.81. The van der Waals surface area contributed by atoms with Gasteiger partial charge in [-0.15, -0.1) is 12.4 Å². The first-order chi connectivity index (χ1) is 8.41. The predicted octanol–water partition coefficient (Wildman–Crippen LogP) is 2.37. The molecule has 0 aromatic heterocycles. The summed E-state index contributed by atoms with van der Waals surface area (Å²) in [5, 5.41) is 3.06. The molecule has 0 radical (unpaired) electrons. The minimum absolute atomic E-state index is 0. The number of hydrogen-bond donors (Lipinski definition) is 1. The van der Waals surface area contributed by atoms with E-state index in [1.54, 1.807) is 4.90 Å². The highest BCUT2D eigenvalue weighted by molar-refractivity contribution is 5.87. The predicted molar refractivity (Wildman–Crippen MR) is 83.0 cm³/mol. The number of nitrogens with one attached hydrogen (secondary N) is 1. The van der Waals surface area contributed by atoms with Gasteiger partial charge >= 0.3 is 0 Å². The van der Waals surface area contributed by atoms with E-state index in [0.717, 1.165) is 24.2 Å². The fraction of sp³-hybridized carbons (Fsp3) is 0.533. The van der Waals surface area contributed by atoms with Crippen LogP contribution in [0, 0.1) is 6.92 Å². The van der Waals surface area contributed by atoms with Crippen LogP contribution in [0.4, 0.5) is 0 Å². The smallest absolute Gasteiger partial charge is 0.232 e. The Hall–Kier alpha value is -1.06. The van der Waals surface area contributed by atoms with Gasteiger partial charge in [0, 0.05) is 20.1 Å². The summed E-state index contributed by atoms with van der Waals surface area (Å²) in [6.45, 7) is 7.58. The monoisotopic (exact) mass is 284 g/mol. The lowest BCUT2D eigenvalue weighted by molar-refractivity contribution is -0.134. The Bertz CT molecular complexity index is 418. The van der Waals surface area contributed by atoms with E-state index in [2.05, 4.69) is 18.3 Å². The molecule has 1 N–H and O–H groups in total. The molecular formula is C15H25ClN2O. The van der Waals surface area contributed by atoms with Gasteiger partial charge in [-0.05, 0) is 38.9 Å². The molecule has 0 saturated heterocycles. The van der Waals surface area contributed by atoms with Crippen molar-refractivity contribution in [2.45, 2.75) is 26.2 Å². The molecule has 0 unspecified atom stereocenters. The van der Waals surface area contributed by atoms with Crippen LogP contribution in [0.3, 0.4) is 0 Å². The molecule has 0 aliphatic carbocycles. The van der Waals surface area contributed by atoms with E-state index >= 15 is 0 Å². The van der Waals surface area contributed by atoms with Gasteiger partial charge in [0.25, 0.3) is 0 Å². The average molecular weight is 285 g/mol. The summed E-state index contributed by atoms with van der Waals surface area (Å²) in [7, 11) is 3.75. The third-order valence-electron chi connectivity index (χ3n) is 3.40. The van der Waals surface area contributed by atoms with Crippen molar-refractivity contribution in [3.8, 4) is 0 Å². The summed E-state index contributed by atoms with van der Waals surface area (Å²) in [5.74, 6) is 0.159. The molecule has 0 heterocycles. The Morgan fingerprint density at radius 3 is 2.42 bits per heavy atom. The first-order valence-electron chi connectivity index (χ1n) is 6.37. The van der Waals surface area contributed by atoms with Crippen molar-refractivity contribution < 1.29 is 4.79 Å². The fourth-order valence-corrected chi connectivity index (χ4v) is 2.25. The molecule has 108 valence electrons. The van der Waals surface area contributed by atoms with E-state index in [9.17, 15) is 4.79 Å². The van der Waals surface area contributed by atoms with Crippen molar-refractivity contribution in [2.24, 2.45) is 0 Å². The van der Waals surface area contributed by atoms with Gasteiger partial charge in [0.2, 0.25) is 5.91 Å². The van der Waals surface area contributed by atoms with Crippen molar-refractivity contribution in [1.29, 1.82) is 0 Å². The normalized spacial score (nSPS) is 10.8. The second-order valence-corrected chi connectivity index (χ2v) is 5.27. The quantitative estimate of drug-likeness (QED) is 0.900. The van der Waals surface area contributed by atoms with Gasteiger partial charge in [-0.1, -0.05) is 24.3 Å². The number of rotatable bonds is 5. The van der Waals surface area contributed by atoms with Crippen LogP contribution in [0.5, 0.6) is 0 Å². The average Bonchev–Trinajstić information content (AvgIpc) is 2.35. The molecule has 1 amide bonds. The maximum absolute atomic E-state index is 12.5. The number of halogens is 1. The van der Waals surface area contributed by atoms with Gasteiger partial charge in [-0.3, -0.25) is 4.79 Å². The highest BCUT2D eigenvalue weighted by Gasteiger charge is 2.33. The van der Waals surface area contributed by atoms with Crippen molar-refractivity contribution >= 4 is 18.3 Å². The topological polar surface area (TPSA) is 32.3 Å². The minimum atomic E-state index is -0.478. The van der Waals surface area contributed by atoms with Crippen LogP contribution in [-0.4, -0.2) is 38.0 Å². The molecule has 0 atom stereocenters. The van der Waals surface area contributed by atoms with Crippen LogP contribution < -0.4 is 5.32 Å². The molecule has 1 aromatic carbocycles. The molecule has 0 bridgehead atoms. The lowest BCUT2D eigenvalue weighted by Crippen LogP contribution is -2.43. The molecule has 0 spiro atoms. The van der Waals surface area contributed by atoms with Crippen LogP contribution in [0.2, 0.25) is 0 Å². The van der Waals surface area contributed by atoms with Crippen molar-refractivity contribution in [2.75, 3.05) is 27.2 Å². The standard InChI is InChI=1S/C15H24N2O.ClH/c1-12-8-6-7-9-13(12)15(2,3)14(18)17(5)11-10-16-4;/h6-9,16H,10-11H2,1-5H3;1H. The van der Waals surface area contributed by atoms with Gasteiger partial charge in [-0.2, -0.15) is 0 Å². The molecular weight excluding hydrogens is 260 g/mol. The van der Waals surface area contributed by atoms with Crippen molar-refractivity contribution in [3.63, 3.8) is 0 Å². The molecule has 0 aliphatic heterocycles. The number of hydrogen-bond acceptors (Lipinski definition) is 2. The second-order valence-electron chi connectivity index (χ2n) is 5.27. The highest BCUT2D eigenvalue weighted by atomic mass is 35.5. The number of carbonyl (C=O) groups excluding carboxylic acids is 1. The summed E-state index contributed by atoms with van der Waals surface area (Å²) >= 11 is 0. The van der Waals surface area contributed by atoms with Crippen LogP contribution >= 0.6 is 12.4 Å². The van der Waals surface area contributed by atoms with Gasteiger partial charge in [-0.25, -0.2) is 0 Å². The molecule has 0 fully saturated rings. The van der Waals surface area contributed by atoms with Crippen LogP contribution in [0.1, 0.15) is 25.0 Å². The van der Waals surface area contributed by atoms with E-state index in [0.29, 0.717) is 0 Å². The number of benzene rings is 1. The van der Waals surface area contributed by atoms with E-state index in [1.807, 2.05) is 46.1 Å². The summed E-state index contributed by atoms with van der Waals surface area (Å²) in [5.41, 5.74) is 1.79. The zero-order valence-electron chi connectivity index (χ0n) is 12.5. The largest absolute Gasteiger partial charge is 0.344 e. The van der Waals surface area contributed by atoms with Crippen molar-refractivity contribution in [3.05, 3.63) is 35.4 Å². The van der Waals surface area contributed by atoms with Crippen LogP contribution in [0.15, 0.2) is 24.3 Å². The van der Waals surface area contributed by atoms with Gasteiger partial charge in [0.15, 0.2) is 0 Å². The van der Waals surface area contributed by atoms with E-state index in [4.69, 9.17) is 0 Å². The molecule has 1 aromatic rings. The maximum atomic E-state index is 12.5. The first-order valence-corrected chi connectivity index (χ1v) is 6.37. The molecule has 0 saturated carbocycles. The number of nitrogens with zero attached hydrogens (tertiary/aromatic N) is 1. The summed E-state index contributed by atoms with van der Waals surface area (Å²) in [6.07, 6.45) is 0. The number of amides is 1. The third-order valence-corrected chi connectivity index (χ3v) is 3.40. The van der Waals surface area contributed by atoms with Gasteiger partial charge in [0.1, 0.15) is 0 Å². The van der Waals surface area contributed by atoms with Crippen molar-refractivity contribution in [1.82, 2.24) is 10.2 Å². The van der Waals surface area contributed by atoms with Gasteiger partial charge in [0.05, 0.1) is 5.41 Å². The van der Waals surface area contributed by atoms with Crippen LogP contribution in [-0.2, 0) is 10.2 Å². The zero-order chi connectivity index (χ0) is 13.8. The maximum Gasteiger partial charge on any atom is 0.232 e. The summed E-state index contributed by atoms with van der Waals surface area (Å²) < 4.78 is 0. The first kappa shape index (κ1) is 17.9. The molecule has 4 heteroatoms. The van der Waals surface area contributed by atoms with E-state index in [-0.39, 0.29) is 18.3 Å². The van der Waals surface area contributed by atoms with Crippen LogP contribution in [0.25, 0.3) is 0 Å². The molecule has 1 rings (SSSR count). The Balaban J connectivity index is 0.00000324. The highest BCUT2D eigenvalue weighted by Crippen LogP contribution is 2.27. The minimum Gasteiger partial charge on any atom is -0.344 e. The Morgan fingerprint density at radius 1 is 1.32 bits per heavy atom. The number of aryl methyl sites for hydroxylation is 1. The lowest BCUT2D eigenvalue weighted by Gasteiger charge is -2.31. The Kier molecular flexibility index (Phi) is 7.09. The molecule has 0 aliphatic rings. The fourth-order valence-electron chi connectivity index (χ4n) is 2.25. The number of likely N-dealkylation sites (N-methyl/N-ethyl adjacent to an activating group) is 2. The zero-order valence-corrected chi connectivity index (χ0v) is 13.3.